The monoisotopic (exact) mass is 422 g/mol. The molecular formula is C12H22O12S2. The lowest BCUT2D eigenvalue weighted by atomic mass is 10.2. The van der Waals surface area contributed by atoms with Crippen molar-refractivity contribution in [1.29, 1.82) is 0 Å². The number of ether oxygens (including phenoxy) is 4. The van der Waals surface area contributed by atoms with E-state index in [2.05, 4.69) is 17.8 Å². The lowest BCUT2D eigenvalue weighted by molar-refractivity contribution is -0.0779. The molecule has 0 rings (SSSR count). The van der Waals surface area contributed by atoms with Crippen LogP contribution in [0.4, 0.5) is 9.59 Å². The molecule has 0 aromatic heterocycles. The van der Waals surface area contributed by atoms with Gasteiger partial charge < -0.3 is 18.9 Å². The normalized spacial score (nSPS) is 14.2. The fourth-order valence-corrected chi connectivity index (χ4v) is 2.13. The molecule has 0 unspecified atom stereocenters. The van der Waals surface area contributed by atoms with E-state index in [-0.39, 0.29) is 13.2 Å². The van der Waals surface area contributed by atoms with E-state index < -0.39 is 58.0 Å². The average molecular weight is 422 g/mol. The summed E-state index contributed by atoms with van der Waals surface area (Å²) in [6.45, 7) is 1.30. The van der Waals surface area contributed by atoms with Gasteiger partial charge in [0, 0.05) is 0 Å². The Morgan fingerprint density at radius 1 is 0.731 bits per heavy atom. The average Bonchev–Trinajstić information content (AvgIpc) is 2.46. The molecular weight excluding hydrogens is 400 g/mol. The summed E-state index contributed by atoms with van der Waals surface area (Å²) in [7, 11) is -7.89. The van der Waals surface area contributed by atoms with Gasteiger partial charge >= 0.3 is 12.3 Å². The largest absolute Gasteiger partial charge is 0.508 e. The van der Waals surface area contributed by atoms with Crippen LogP contribution in [0.25, 0.3) is 0 Å². The van der Waals surface area contributed by atoms with Crippen LogP contribution in [0.3, 0.4) is 0 Å². The Kier molecular flexibility index (Phi) is 10.4. The van der Waals surface area contributed by atoms with Gasteiger partial charge in [0.15, 0.2) is 12.2 Å². The molecule has 0 N–H and O–H groups in total. The second kappa shape index (κ2) is 11.2. The minimum Gasteiger partial charge on any atom is -0.435 e. The number of rotatable bonds is 11. The molecule has 0 radical (unpaired) electrons. The molecule has 12 nitrogen and oxygen atoms in total. The van der Waals surface area contributed by atoms with Crippen LogP contribution in [0.5, 0.6) is 0 Å². The van der Waals surface area contributed by atoms with Gasteiger partial charge in [0.1, 0.15) is 13.2 Å². The summed E-state index contributed by atoms with van der Waals surface area (Å²) >= 11 is 0. The zero-order chi connectivity index (χ0) is 20.4. The van der Waals surface area contributed by atoms with Crippen molar-refractivity contribution in [3.8, 4) is 0 Å². The maximum atomic E-state index is 11.5. The highest BCUT2D eigenvalue weighted by atomic mass is 32.2. The van der Waals surface area contributed by atoms with Crippen molar-refractivity contribution in [2.75, 3.05) is 38.9 Å². The molecule has 2 atom stereocenters. The van der Waals surface area contributed by atoms with Crippen LogP contribution in [-0.4, -0.2) is 80.3 Å². The molecule has 0 fully saturated rings. The summed E-state index contributed by atoms with van der Waals surface area (Å²) in [4.78, 5) is 23.0. The quantitative estimate of drug-likeness (QED) is 0.325. The van der Waals surface area contributed by atoms with Crippen molar-refractivity contribution < 1.29 is 53.7 Å². The van der Waals surface area contributed by atoms with Crippen molar-refractivity contribution in [2.24, 2.45) is 0 Å². The lowest BCUT2D eigenvalue weighted by Crippen LogP contribution is -2.42. The van der Waals surface area contributed by atoms with E-state index in [1.165, 1.54) is 13.8 Å². The number of carbonyl (C=O) groups excluding carboxylic acids is 2. The van der Waals surface area contributed by atoms with Crippen molar-refractivity contribution in [1.82, 2.24) is 0 Å². The molecule has 0 aromatic carbocycles. The summed E-state index contributed by atoms with van der Waals surface area (Å²) < 4.78 is 72.5. The van der Waals surface area contributed by atoms with Gasteiger partial charge in [0.2, 0.25) is 0 Å². The Labute approximate surface area is 151 Å². The maximum absolute atomic E-state index is 11.5. The van der Waals surface area contributed by atoms with Gasteiger partial charge in [-0.05, 0) is 13.8 Å². The van der Waals surface area contributed by atoms with Crippen molar-refractivity contribution >= 4 is 32.5 Å². The third-order valence-corrected chi connectivity index (χ3v) is 3.46. The van der Waals surface area contributed by atoms with Gasteiger partial charge in [0.25, 0.3) is 20.2 Å². The van der Waals surface area contributed by atoms with Crippen LogP contribution < -0.4 is 0 Å². The summed E-state index contributed by atoms with van der Waals surface area (Å²) in [6.07, 6.45) is -4.08. The zero-order valence-corrected chi connectivity index (χ0v) is 16.3. The molecule has 0 aliphatic heterocycles. The van der Waals surface area contributed by atoms with Crippen LogP contribution in [0.2, 0.25) is 0 Å². The van der Waals surface area contributed by atoms with Gasteiger partial charge in [-0.2, -0.15) is 16.8 Å². The van der Waals surface area contributed by atoms with Gasteiger partial charge in [-0.3, -0.25) is 8.37 Å². The maximum Gasteiger partial charge on any atom is 0.508 e. The van der Waals surface area contributed by atoms with E-state index in [9.17, 15) is 26.4 Å². The molecule has 0 amide bonds. The number of hydrogen-bond acceptors (Lipinski definition) is 12. The standard InChI is InChI=1S/C12H22O12S2/c1-5-19-11(13)23-9(7-21-25(3,15)16)10(8-22-26(4,17)18)24-12(14)20-6-2/h9-10H,5-8H2,1-4H3/t9-,10-/m1/s1. The van der Waals surface area contributed by atoms with Crippen LogP contribution in [0.15, 0.2) is 0 Å². The van der Waals surface area contributed by atoms with Gasteiger partial charge in [-0.15, -0.1) is 0 Å². The molecule has 26 heavy (non-hydrogen) atoms. The van der Waals surface area contributed by atoms with Crippen LogP contribution in [0, 0.1) is 0 Å². The van der Waals surface area contributed by atoms with Crippen LogP contribution >= 0.6 is 0 Å². The predicted molar refractivity (Wildman–Crippen MR) is 85.4 cm³/mol. The molecule has 154 valence electrons. The molecule has 0 aliphatic carbocycles. The summed E-state index contributed by atoms with van der Waals surface area (Å²) in [5.74, 6) is 0. The smallest absolute Gasteiger partial charge is 0.435 e. The molecule has 0 bridgehead atoms. The SMILES string of the molecule is CCOC(=O)O[C@H](COS(C)(=O)=O)[C@@H](COS(C)(=O)=O)OC(=O)OCC. The summed E-state index contributed by atoms with van der Waals surface area (Å²) in [5, 5.41) is 0. The van der Waals surface area contributed by atoms with E-state index in [0.717, 1.165) is 12.5 Å². The highest BCUT2D eigenvalue weighted by Gasteiger charge is 2.33. The first-order valence-electron chi connectivity index (χ1n) is 7.23. The van der Waals surface area contributed by atoms with E-state index in [1.54, 1.807) is 0 Å². The molecule has 14 heteroatoms. The molecule has 0 saturated heterocycles. The third kappa shape index (κ3) is 12.7. The molecule has 0 aromatic rings. The molecule has 0 saturated carbocycles. The minimum atomic E-state index is -3.95. The molecule has 0 spiro atoms. The fraction of sp³-hybridized carbons (Fsp3) is 0.833. The second-order valence-electron chi connectivity index (χ2n) is 4.66. The molecule has 0 heterocycles. The van der Waals surface area contributed by atoms with Gasteiger partial charge in [-0.1, -0.05) is 0 Å². The number of hydrogen-bond donors (Lipinski definition) is 0. The van der Waals surface area contributed by atoms with Gasteiger partial charge in [0.05, 0.1) is 25.7 Å². The highest BCUT2D eigenvalue weighted by Crippen LogP contribution is 2.12. The van der Waals surface area contributed by atoms with Crippen molar-refractivity contribution in [2.45, 2.75) is 26.1 Å². The second-order valence-corrected chi connectivity index (χ2v) is 7.94. The Balaban J connectivity index is 5.39. The zero-order valence-electron chi connectivity index (χ0n) is 14.7. The van der Waals surface area contributed by atoms with Gasteiger partial charge in [-0.25, -0.2) is 9.59 Å². The highest BCUT2D eigenvalue weighted by molar-refractivity contribution is 7.86. The van der Waals surface area contributed by atoms with E-state index >= 15 is 0 Å². The van der Waals surface area contributed by atoms with E-state index in [1.807, 2.05) is 0 Å². The Bertz CT molecular complexity index is 596. The van der Waals surface area contributed by atoms with Crippen LogP contribution in [-0.2, 0) is 47.5 Å². The van der Waals surface area contributed by atoms with E-state index in [4.69, 9.17) is 9.47 Å². The van der Waals surface area contributed by atoms with E-state index in [0.29, 0.717) is 0 Å². The molecule has 0 aliphatic rings. The first-order valence-corrected chi connectivity index (χ1v) is 10.9. The Hall–Kier alpha value is -1.64. The summed E-state index contributed by atoms with van der Waals surface area (Å²) in [5.41, 5.74) is 0. The topological polar surface area (TPSA) is 158 Å². The first kappa shape index (κ1) is 24.4. The fourth-order valence-electron chi connectivity index (χ4n) is 1.37. The number of carbonyl (C=O) groups is 2. The Morgan fingerprint density at radius 2 is 1.04 bits per heavy atom. The summed E-state index contributed by atoms with van der Waals surface area (Å²) in [6, 6.07) is 0. The minimum absolute atomic E-state index is 0.0538. The van der Waals surface area contributed by atoms with Crippen molar-refractivity contribution in [3.63, 3.8) is 0 Å². The predicted octanol–water partition coefficient (Wildman–Crippen LogP) is 0.0222. The lowest BCUT2D eigenvalue weighted by Gasteiger charge is -2.25. The van der Waals surface area contributed by atoms with Crippen molar-refractivity contribution in [3.05, 3.63) is 0 Å². The Morgan fingerprint density at radius 3 is 1.27 bits per heavy atom. The first-order chi connectivity index (χ1) is 11.9. The van der Waals surface area contributed by atoms with Crippen LogP contribution in [0.1, 0.15) is 13.8 Å². The third-order valence-electron chi connectivity index (χ3n) is 2.33.